The van der Waals surface area contributed by atoms with Crippen molar-refractivity contribution >= 4 is 46.9 Å². The number of hydrogen-bond donors (Lipinski definition) is 3. The first-order chi connectivity index (χ1) is 23.9. The van der Waals surface area contributed by atoms with Gasteiger partial charge in [-0.15, -0.1) is 11.3 Å². The van der Waals surface area contributed by atoms with E-state index in [0.717, 1.165) is 34.5 Å². The molecular weight excluding hydrogens is 694 g/mol. The van der Waals surface area contributed by atoms with Crippen molar-refractivity contribution in [1.29, 1.82) is 0 Å². The first-order valence-corrected chi connectivity index (χ1v) is 19.6. The van der Waals surface area contributed by atoms with Gasteiger partial charge in [0.1, 0.15) is 17.7 Å². The number of β-amino-alcohol motifs (C(OH)–C–C–N with tert-alkyl or cyclic N) is 1. The van der Waals surface area contributed by atoms with Crippen LogP contribution in [0.3, 0.4) is 0 Å². The number of carbonyl (C=O) groups is 4. The van der Waals surface area contributed by atoms with Gasteiger partial charge in [-0.2, -0.15) is 11.8 Å². The number of benzene rings is 1. The van der Waals surface area contributed by atoms with Crippen molar-refractivity contribution in [3.8, 4) is 10.4 Å². The summed E-state index contributed by atoms with van der Waals surface area (Å²) in [5.41, 5.74) is 2.10. The zero-order chi connectivity index (χ0) is 37.3. The van der Waals surface area contributed by atoms with Crippen LogP contribution in [0.2, 0.25) is 0 Å². The van der Waals surface area contributed by atoms with Gasteiger partial charge in [0, 0.05) is 30.8 Å². The first-order valence-electron chi connectivity index (χ1n) is 17.8. The summed E-state index contributed by atoms with van der Waals surface area (Å²) in [6.07, 6.45) is 0.494. The minimum absolute atomic E-state index is 0.0470. The van der Waals surface area contributed by atoms with Crippen LogP contribution in [0, 0.1) is 12.8 Å². The molecule has 11 nitrogen and oxygen atoms in total. The van der Waals surface area contributed by atoms with Crippen LogP contribution in [0.1, 0.15) is 90.9 Å². The fraction of sp³-hybridized carbons (Fsp3) is 0.649. The maximum absolute atomic E-state index is 15.0. The second-order valence-electron chi connectivity index (χ2n) is 15.7. The van der Waals surface area contributed by atoms with E-state index in [4.69, 9.17) is 4.74 Å². The van der Waals surface area contributed by atoms with Gasteiger partial charge in [-0.1, -0.05) is 24.3 Å². The minimum atomic E-state index is -2.00. The normalized spacial score (nSPS) is 21.9. The molecule has 5 rings (SSSR count). The van der Waals surface area contributed by atoms with E-state index in [1.807, 2.05) is 72.7 Å². The van der Waals surface area contributed by atoms with E-state index in [-0.39, 0.29) is 43.9 Å². The average Bonchev–Trinajstić information content (AvgIpc) is 3.48. The molecule has 3 N–H and O–H groups in total. The summed E-state index contributed by atoms with van der Waals surface area (Å²) < 4.78 is 19.6. The number of hydrogen-bond acceptors (Lipinski definition) is 9. The van der Waals surface area contributed by atoms with Crippen molar-refractivity contribution < 1.29 is 33.4 Å². The van der Waals surface area contributed by atoms with Gasteiger partial charge in [0.15, 0.2) is 5.67 Å². The predicted molar refractivity (Wildman–Crippen MR) is 197 cm³/mol. The summed E-state index contributed by atoms with van der Waals surface area (Å²) in [5.74, 6) is -0.860. The van der Waals surface area contributed by atoms with Gasteiger partial charge >= 0.3 is 6.09 Å². The second-order valence-corrected chi connectivity index (χ2v) is 18.2. The molecule has 280 valence electrons. The number of amides is 4. The highest BCUT2D eigenvalue weighted by atomic mass is 32.2. The molecule has 4 atom stereocenters. The predicted octanol–water partition coefficient (Wildman–Crippen LogP) is 5.40. The summed E-state index contributed by atoms with van der Waals surface area (Å²) in [7, 11) is 0. The highest BCUT2D eigenvalue weighted by Gasteiger charge is 2.54. The molecule has 2 aromatic rings. The molecular formula is C37H52FN5O6S2. The Labute approximate surface area is 308 Å². The summed E-state index contributed by atoms with van der Waals surface area (Å²) in [6, 6.07) is 5.38. The molecule has 14 heteroatoms. The van der Waals surface area contributed by atoms with Crippen molar-refractivity contribution in [3.63, 3.8) is 0 Å². The third-order valence-electron chi connectivity index (χ3n) is 9.91. The number of alkyl halides is 1. The lowest BCUT2D eigenvalue weighted by atomic mass is 9.99. The molecule has 0 radical (unpaired) electrons. The number of aliphatic hydroxyl groups is 1. The molecule has 51 heavy (non-hydrogen) atoms. The number of rotatable bonds is 11. The molecule has 2 saturated heterocycles. The third kappa shape index (κ3) is 9.61. The lowest BCUT2D eigenvalue weighted by Gasteiger charge is -2.39. The Morgan fingerprint density at radius 3 is 2.31 bits per heavy atom. The maximum atomic E-state index is 15.0. The fourth-order valence-corrected chi connectivity index (χ4v) is 8.66. The van der Waals surface area contributed by atoms with Gasteiger partial charge in [-0.3, -0.25) is 14.4 Å². The van der Waals surface area contributed by atoms with E-state index >= 15 is 0 Å². The SMILES string of the molecule is Cc1ncsc1-c1ccc([C@H](C)NC(=O)[C@@H]2C[C@@H](O)CN2C(=O)[C@@H](NC(=O)C2(F)CC2)C(C)(C)SCC2CCN(C(=O)OC(C)(C)C)CC2)cc1. The molecule has 4 amide bonds. The highest BCUT2D eigenvalue weighted by molar-refractivity contribution is 8.00. The topological polar surface area (TPSA) is 141 Å². The zero-order valence-corrected chi connectivity index (χ0v) is 32.3. The standard InChI is InChI=1S/C37H52FN5O6S2/c1-22(25-8-10-26(11-9-25)29-23(2)39-21-50-29)40-31(45)28-18-27(44)19-43(28)32(46)30(41-33(47)37(38)14-15-37)36(6,7)51-20-24-12-16-42(17-13-24)34(48)49-35(3,4)5/h8-11,21-22,24,27-28,30,44H,12-20H2,1-7H3,(H,40,45)(H,41,47)/t22-,27+,28-,30+/m0/s1. The van der Waals surface area contributed by atoms with Crippen LogP contribution in [-0.4, -0.2) is 103 Å². The van der Waals surface area contributed by atoms with Crippen molar-refractivity contribution in [2.24, 2.45) is 5.92 Å². The van der Waals surface area contributed by atoms with E-state index in [9.17, 15) is 28.7 Å². The van der Waals surface area contributed by atoms with Gasteiger partial charge in [0.2, 0.25) is 11.8 Å². The lowest BCUT2D eigenvalue weighted by Crippen LogP contribution is -2.61. The fourth-order valence-electron chi connectivity index (χ4n) is 6.52. The molecule has 0 unspecified atom stereocenters. The number of aromatic nitrogens is 1. The maximum Gasteiger partial charge on any atom is 0.410 e. The van der Waals surface area contributed by atoms with Crippen LogP contribution < -0.4 is 10.6 Å². The van der Waals surface area contributed by atoms with Crippen molar-refractivity contribution in [1.82, 2.24) is 25.4 Å². The molecule has 1 aromatic carbocycles. The number of nitrogens with one attached hydrogen (secondary N) is 2. The average molecular weight is 746 g/mol. The van der Waals surface area contributed by atoms with E-state index in [0.29, 0.717) is 18.8 Å². The number of ether oxygens (including phenoxy) is 1. The Morgan fingerprint density at radius 2 is 1.75 bits per heavy atom. The van der Waals surface area contributed by atoms with Gasteiger partial charge in [-0.25, -0.2) is 14.2 Å². The monoisotopic (exact) mass is 745 g/mol. The number of aryl methyl sites for hydroxylation is 1. The summed E-state index contributed by atoms with van der Waals surface area (Å²) in [6.45, 7) is 14.1. The van der Waals surface area contributed by atoms with Crippen molar-refractivity contribution in [2.45, 2.75) is 121 Å². The summed E-state index contributed by atoms with van der Waals surface area (Å²) >= 11 is 3.07. The molecule has 3 heterocycles. The Bertz CT molecular complexity index is 1580. The molecule has 1 saturated carbocycles. The van der Waals surface area contributed by atoms with Crippen LogP contribution in [0.15, 0.2) is 29.8 Å². The number of piperidine rings is 1. The molecule has 3 aliphatic rings. The number of thiazole rings is 1. The molecule has 0 spiro atoms. The Hall–Kier alpha value is -3.23. The zero-order valence-electron chi connectivity index (χ0n) is 30.7. The van der Waals surface area contributed by atoms with Gasteiger partial charge < -0.3 is 30.3 Å². The van der Waals surface area contributed by atoms with E-state index in [1.165, 1.54) is 16.7 Å². The summed E-state index contributed by atoms with van der Waals surface area (Å²) in [4.78, 5) is 62.2. The quantitative estimate of drug-likeness (QED) is 0.278. The third-order valence-corrected chi connectivity index (χ3v) is 12.5. The van der Waals surface area contributed by atoms with Crippen LogP contribution >= 0.6 is 23.1 Å². The Morgan fingerprint density at radius 1 is 1.10 bits per heavy atom. The molecule has 1 aromatic heterocycles. The molecule has 3 fully saturated rings. The van der Waals surface area contributed by atoms with E-state index in [2.05, 4.69) is 15.6 Å². The Kier molecular flexibility index (Phi) is 11.8. The smallest absolute Gasteiger partial charge is 0.410 e. The summed E-state index contributed by atoms with van der Waals surface area (Å²) in [5, 5.41) is 16.4. The van der Waals surface area contributed by atoms with Gasteiger partial charge in [-0.05, 0) is 96.9 Å². The lowest BCUT2D eigenvalue weighted by molar-refractivity contribution is -0.143. The number of halogens is 1. The number of thioether (sulfide) groups is 1. The molecule has 0 bridgehead atoms. The Balaban J connectivity index is 1.25. The van der Waals surface area contributed by atoms with Crippen LogP contribution in [0.4, 0.5) is 9.18 Å². The van der Waals surface area contributed by atoms with E-state index < -0.39 is 51.9 Å². The number of nitrogens with zero attached hydrogens (tertiary/aromatic N) is 3. The number of aliphatic hydroxyl groups excluding tert-OH is 1. The molecule has 2 aliphatic heterocycles. The van der Waals surface area contributed by atoms with Crippen molar-refractivity contribution in [3.05, 3.63) is 41.0 Å². The number of carbonyl (C=O) groups excluding carboxylic acids is 4. The number of likely N-dealkylation sites (tertiary alicyclic amines) is 2. The van der Waals surface area contributed by atoms with Crippen LogP contribution in [0.25, 0.3) is 10.4 Å². The molecule has 1 aliphatic carbocycles. The van der Waals surface area contributed by atoms with Gasteiger partial charge in [0.05, 0.1) is 28.2 Å². The second kappa shape index (κ2) is 15.4. The van der Waals surface area contributed by atoms with Crippen LogP contribution in [0.5, 0.6) is 0 Å². The van der Waals surface area contributed by atoms with Crippen molar-refractivity contribution in [2.75, 3.05) is 25.4 Å². The largest absolute Gasteiger partial charge is 0.444 e. The van der Waals surface area contributed by atoms with E-state index in [1.54, 1.807) is 21.7 Å². The minimum Gasteiger partial charge on any atom is -0.444 e. The highest BCUT2D eigenvalue weighted by Crippen LogP contribution is 2.41. The first kappa shape index (κ1) is 39.0. The van der Waals surface area contributed by atoms with Gasteiger partial charge in [0.25, 0.3) is 5.91 Å². The van der Waals surface area contributed by atoms with Crippen LogP contribution in [-0.2, 0) is 19.1 Å².